The van der Waals surface area contributed by atoms with E-state index in [0.717, 1.165) is 12.0 Å². The van der Waals surface area contributed by atoms with Crippen molar-refractivity contribution in [2.24, 2.45) is 0 Å². The Labute approximate surface area is 126 Å². The van der Waals surface area contributed by atoms with Crippen molar-refractivity contribution >= 4 is 5.91 Å². The molecule has 0 aliphatic carbocycles. The van der Waals surface area contributed by atoms with Crippen molar-refractivity contribution in [3.8, 4) is 6.01 Å². The highest BCUT2D eigenvalue weighted by atomic mass is 19.4. The fourth-order valence-electron chi connectivity index (χ4n) is 2.28. The lowest BCUT2D eigenvalue weighted by Gasteiger charge is -2.32. The Morgan fingerprint density at radius 2 is 2.09 bits per heavy atom. The molecule has 1 aromatic rings. The smallest absolute Gasteiger partial charge is 0.397 e. The van der Waals surface area contributed by atoms with Crippen LogP contribution in [0, 0.1) is 0 Å². The van der Waals surface area contributed by atoms with Gasteiger partial charge in [0.25, 0.3) is 0 Å². The van der Waals surface area contributed by atoms with Crippen LogP contribution in [0.1, 0.15) is 31.7 Å². The molecule has 1 saturated heterocycles. The number of halogens is 3. The molecule has 0 spiro atoms. The third-order valence-corrected chi connectivity index (χ3v) is 3.44. The SMILES string of the molecule is CCc1cnc(OC2CCCN(C(=O)CC(F)(F)F)C2)nc1. The van der Waals surface area contributed by atoms with E-state index >= 15 is 0 Å². The third kappa shape index (κ3) is 4.85. The first-order valence-corrected chi connectivity index (χ1v) is 7.19. The molecule has 122 valence electrons. The number of carbonyl (C=O) groups excluding carboxylic acids is 1. The zero-order valence-electron chi connectivity index (χ0n) is 12.3. The molecule has 1 unspecified atom stereocenters. The quantitative estimate of drug-likeness (QED) is 0.855. The van der Waals surface area contributed by atoms with Gasteiger partial charge in [0.1, 0.15) is 12.5 Å². The van der Waals surface area contributed by atoms with Gasteiger partial charge >= 0.3 is 12.2 Å². The molecule has 0 aromatic carbocycles. The van der Waals surface area contributed by atoms with Crippen molar-refractivity contribution in [2.75, 3.05) is 13.1 Å². The molecule has 1 amide bonds. The summed E-state index contributed by atoms with van der Waals surface area (Å²) in [5.41, 5.74) is 0.970. The second kappa shape index (κ2) is 6.93. The van der Waals surface area contributed by atoms with Crippen molar-refractivity contribution in [2.45, 2.75) is 44.9 Å². The normalized spacial score (nSPS) is 19.1. The molecule has 0 saturated carbocycles. The van der Waals surface area contributed by atoms with Gasteiger partial charge in [-0.1, -0.05) is 6.92 Å². The average Bonchev–Trinajstić information content (AvgIpc) is 2.46. The van der Waals surface area contributed by atoms with Gasteiger partial charge in [-0.3, -0.25) is 4.79 Å². The number of aryl methyl sites for hydroxylation is 1. The number of hydrogen-bond acceptors (Lipinski definition) is 4. The predicted molar refractivity (Wildman–Crippen MR) is 72.3 cm³/mol. The molecule has 1 aliphatic heterocycles. The number of aromatic nitrogens is 2. The van der Waals surface area contributed by atoms with Gasteiger partial charge in [0.05, 0.1) is 6.54 Å². The van der Waals surface area contributed by atoms with Gasteiger partial charge in [0.15, 0.2) is 0 Å². The predicted octanol–water partition coefficient (Wildman–Crippen LogP) is 2.36. The first kappa shape index (κ1) is 16.5. The Morgan fingerprint density at radius 1 is 1.41 bits per heavy atom. The lowest BCUT2D eigenvalue weighted by atomic mass is 10.1. The monoisotopic (exact) mass is 317 g/mol. The Bertz CT molecular complexity index is 505. The molecule has 5 nitrogen and oxygen atoms in total. The zero-order chi connectivity index (χ0) is 16.2. The number of nitrogens with zero attached hydrogens (tertiary/aromatic N) is 3. The first-order valence-electron chi connectivity index (χ1n) is 7.19. The number of piperidine rings is 1. The molecular weight excluding hydrogens is 299 g/mol. The average molecular weight is 317 g/mol. The van der Waals surface area contributed by atoms with Crippen molar-refractivity contribution in [3.05, 3.63) is 18.0 Å². The molecule has 0 bridgehead atoms. The molecule has 2 heterocycles. The van der Waals surface area contributed by atoms with E-state index in [1.807, 2.05) is 6.92 Å². The summed E-state index contributed by atoms with van der Waals surface area (Å²) >= 11 is 0. The number of rotatable bonds is 4. The Kier molecular flexibility index (Phi) is 5.20. The summed E-state index contributed by atoms with van der Waals surface area (Å²) < 4.78 is 42.4. The highest BCUT2D eigenvalue weighted by molar-refractivity contribution is 5.77. The largest absolute Gasteiger partial charge is 0.458 e. The number of hydrogen-bond donors (Lipinski definition) is 0. The number of amides is 1. The molecule has 2 rings (SSSR count). The van der Waals surface area contributed by atoms with Crippen molar-refractivity contribution in [3.63, 3.8) is 0 Å². The van der Waals surface area contributed by atoms with Gasteiger partial charge in [0.2, 0.25) is 5.91 Å². The molecule has 0 radical (unpaired) electrons. The minimum Gasteiger partial charge on any atom is -0.458 e. The lowest BCUT2D eigenvalue weighted by Crippen LogP contribution is -2.45. The van der Waals surface area contributed by atoms with Crippen LogP contribution in [0.4, 0.5) is 13.2 Å². The molecule has 22 heavy (non-hydrogen) atoms. The van der Waals surface area contributed by atoms with E-state index < -0.39 is 18.5 Å². The van der Waals surface area contributed by atoms with Crippen LogP contribution in [0.5, 0.6) is 6.01 Å². The van der Waals surface area contributed by atoms with Crippen LogP contribution < -0.4 is 4.74 Å². The number of ether oxygens (including phenoxy) is 1. The van der Waals surface area contributed by atoms with E-state index in [9.17, 15) is 18.0 Å². The molecular formula is C14H18F3N3O2. The fourth-order valence-corrected chi connectivity index (χ4v) is 2.28. The zero-order valence-corrected chi connectivity index (χ0v) is 12.3. The van der Waals surface area contributed by atoms with Crippen LogP contribution in [0.2, 0.25) is 0 Å². The van der Waals surface area contributed by atoms with Crippen LogP contribution in [0.15, 0.2) is 12.4 Å². The highest BCUT2D eigenvalue weighted by Gasteiger charge is 2.35. The van der Waals surface area contributed by atoms with Crippen LogP contribution >= 0.6 is 0 Å². The Balaban J connectivity index is 1.91. The maximum absolute atomic E-state index is 12.3. The Hall–Kier alpha value is -1.86. The number of carbonyl (C=O) groups is 1. The summed E-state index contributed by atoms with van der Waals surface area (Å²) in [6.45, 7) is 2.43. The maximum atomic E-state index is 12.3. The summed E-state index contributed by atoms with van der Waals surface area (Å²) in [4.78, 5) is 20.9. The van der Waals surface area contributed by atoms with Crippen LogP contribution in [0.25, 0.3) is 0 Å². The fraction of sp³-hybridized carbons (Fsp3) is 0.643. The van der Waals surface area contributed by atoms with E-state index in [2.05, 4.69) is 9.97 Å². The summed E-state index contributed by atoms with van der Waals surface area (Å²) in [7, 11) is 0. The topological polar surface area (TPSA) is 55.3 Å². The van der Waals surface area contributed by atoms with Crippen molar-refractivity contribution < 1.29 is 22.7 Å². The summed E-state index contributed by atoms with van der Waals surface area (Å²) in [5, 5.41) is 0. The third-order valence-electron chi connectivity index (χ3n) is 3.44. The molecule has 8 heteroatoms. The van der Waals surface area contributed by atoms with Crippen LogP contribution in [0.3, 0.4) is 0 Å². The highest BCUT2D eigenvalue weighted by Crippen LogP contribution is 2.23. The second-order valence-corrected chi connectivity index (χ2v) is 5.24. The van der Waals surface area contributed by atoms with Crippen LogP contribution in [-0.2, 0) is 11.2 Å². The van der Waals surface area contributed by atoms with Crippen molar-refractivity contribution in [1.82, 2.24) is 14.9 Å². The molecule has 1 aromatic heterocycles. The minimum atomic E-state index is -4.48. The molecule has 1 fully saturated rings. The van der Waals surface area contributed by atoms with Gasteiger partial charge in [-0.2, -0.15) is 13.2 Å². The standard InChI is InChI=1S/C14H18F3N3O2/c1-2-10-7-18-13(19-8-10)22-11-4-3-5-20(9-11)12(21)6-14(15,16)17/h7-8,11H,2-6,9H2,1H3. The molecule has 1 atom stereocenters. The number of alkyl halides is 3. The van der Waals surface area contributed by atoms with E-state index in [1.54, 1.807) is 12.4 Å². The summed E-state index contributed by atoms with van der Waals surface area (Å²) in [5.74, 6) is -0.914. The van der Waals surface area contributed by atoms with Gasteiger partial charge in [-0.05, 0) is 24.8 Å². The maximum Gasteiger partial charge on any atom is 0.397 e. The minimum absolute atomic E-state index is 0.133. The van der Waals surface area contributed by atoms with Gasteiger partial charge in [-0.15, -0.1) is 0 Å². The second-order valence-electron chi connectivity index (χ2n) is 5.24. The molecule has 1 aliphatic rings. The lowest BCUT2D eigenvalue weighted by molar-refractivity contribution is -0.163. The van der Waals surface area contributed by atoms with Gasteiger partial charge < -0.3 is 9.64 Å². The Morgan fingerprint density at radius 3 is 2.68 bits per heavy atom. The van der Waals surface area contributed by atoms with Crippen molar-refractivity contribution in [1.29, 1.82) is 0 Å². The van der Waals surface area contributed by atoms with E-state index in [1.165, 1.54) is 4.90 Å². The molecule has 0 N–H and O–H groups in total. The van der Waals surface area contributed by atoms with E-state index in [4.69, 9.17) is 4.74 Å². The van der Waals surface area contributed by atoms with Gasteiger partial charge in [-0.25, -0.2) is 9.97 Å². The summed E-state index contributed by atoms with van der Waals surface area (Å²) in [6.07, 6.45) is -0.918. The van der Waals surface area contributed by atoms with E-state index in [0.29, 0.717) is 19.4 Å². The van der Waals surface area contributed by atoms with Crippen LogP contribution in [-0.4, -0.2) is 46.1 Å². The van der Waals surface area contributed by atoms with E-state index in [-0.39, 0.29) is 18.7 Å². The number of likely N-dealkylation sites (tertiary alicyclic amines) is 1. The van der Waals surface area contributed by atoms with Gasteiger partial charge in [0, 0.05) is 18.9 Å². The first-order chi connectivity index (χ1) is 10.4. The summed E-state index contributed by atoms with van der Waals surface area (Å²) in [6, 6.07) is 0.187.